The summed E-state index contributed by atoms with van der Waals surface area (Å²) in [5.74, 6) is -0.259. The number of amides is 1. The molecular formula is C16H12N4O2S. The van der Waals surface area contributed by atoms with E-state index < -0.39 is 0 Å². The summed E-state index contributed by atoms with van der Waals surface area (Å²) < 4.78 is 1.42. The first-order chi connectivity index (χ1) is 11.2. The van der Waals surface area contributed by atoms with Gasteiger partial charge in [0.05, 0.1) is 23.0 Å². The summed E-state index contributed by atoms with van der Waals surface area (Å²) in [6.45, 7) is 0.234. The molecule has 0 saturated carbocycles. The number of rotatable bonds is 4. The number of aromatic nitrogens is 2. The maximum Gasteiger partial charge on any atom is 0.262 e. The van der Waals surface area contributed by atoms with Gasteiger partial charge in [0.1, 0.15) is 10.9 Å². The normalized spacial score (nSPS) is 10.4. The second kappa shape index (κ2) is 6.42. The van der Waals surface area contributed by atoms with Gasteiger partial charge in [0, 0.05) is 13.0 Å². The lowest BCUT2D eigenvalue weighted by atomic mass is 10.2. The van der Waals surface area contributed by atoms with Crippen LogP contribution in [0.5, 0.6) is 0 Å². The lowest BCUT2D eigenvalue weighted by Crippen LogP contribution is -2.23. The van der Waals surface area contributed by atoms with E-state index in [9.17, 15) is 9.59 Å². The van der Waals surface area contributed by atoms with Crippen molar-refractivity contribution in [2.45, 2.75) is 13.0 Å². The molecule has 3 rings (SSSR count). The van der Waals surface area contributed by atoms with Gasteiger partial charge in [0.25, 0.3) is 5.56 Å². The van der Waals surface area contributed by atoms with Gasteiger partial charge in [-0.3, -0.25) is 14.2 Å². The SMILES string of the molecule is N#Cc1ccccc1NC(=O)CCn1cnc2sccc2c1=O. The molecule has 0 bridgehead atoms. The number of hydrogen-bond acceptors (Lipinski definition) is 5. The highest BCUT2D eigenvalue weighted by molar-refractivity contribution is 7.16. The summed E-state index contributed by atoms with van der Waals surface area (Å²) >= 11 is 1.41. The summed E-state index contributed by atoms with van der Waals surface area (Å²) in [7, 11) is 0. The quantitative estimate of drug-likeness (QED) is 0.798. The van der Waals surface area contributed by atoms with Crippen LogP contribution in [0.2, 0.25) is 0 Å². The average molecular weight is 324 g/mol. The van der Waals surface area contributed by atoms with Crippen molar-refractivity contribution in [3.8, 4) is 6.07 Å². The van der Waals surface area contributed by atoms with Gasteiger partial charge in [-0.2, -0.15) is 5.26 Å². The third kappa shape index (κ3) is 3.12. The van der Waals surface area contributed by atoms with Crippen LogP contribution in [0.4, 0.5) is 5.69 Å². The van der Waals surface area contributed by atoms with Gasteiger partial charge in [-0.1, -0.05) is 12.1 Å². The fraction of sp³-hybridized carbons (Fsp3) is 0.125. The number of fused-ring (bicyclic) bond motifs is 1. The molecule has 23 heavy (non-hydrogen) atoms. The van der Waals surface area contributed by atoms with Crippen LogP contribution in [0.25, 0.3) is 10.2 Å². The zero-order valence-electron chi connectivity index (χ0n) is 12.0. The van der Waals surface area contributed by atoms with Crippen LogP contribution in [0.3, 0.4) is 0 Å². The molecule has 6 nitrogen and oxygen atoms in total. The summed E-state index contributed by atoms with van der Waals surface area (Å²) in [6, 6.07) is 10.5. The molecule has 0 saturated heterocycles. The number of benzene rings is 1. The van der Waals surface area contributed by atoms with Crippen molar-refractivity contribution < 1.29 is 4.79 Å². The van der Waals surface area contributed by atoms with Crippen LogP contribution in [0.15, 0.2) is 46.8 Å². The minimum atomic E-state index is -0.259. The number of nitrogens with one attached hydrogen (secondary N) is 1. The molecule has 1 N–H and O–H groups in total. The Bertz CT molecular complexity index is 968. The van der Waals surface area contributed by atoms with Gasteiger partial charge in [-0.05, 0) is 23.6 Å². The molecule has 0 aliphatic heterocycles. The fourth-order valence-electron chi connectivity index (χ4n) is 2.18. The zero-order valence-corrected chi connectivity index (χ0v) is 12.8. The molecule has 2 heterocycles. The molecule has 0 unspecified atom stereocenters. The monoisotopic (exact) mass is 324 g/mol. The predicted octanol–water partition coefficient (Wildman–Crippen LogP) is 2.36. The molecule has 0 fully saturated rings. The Morgan fingerprint density at radius 2 is 2.17 bits per heavy atom. The van der Waals surface area contributed by atoms with Crippen molar-refractivity contribution in [1.82, 2.24) is 9.55 Å². The van der Waals surface area contributed by atoms with Crippen molar-refractivity contribution in [2.24, 2.45) is 0 Å². The minimum absolute atomic E-state index is 0.122. The van der Waals surface area contributed by atoms with E-state index in [2.05, 4.69) is 10.3 Å². The van der Waals surface area contributed by atoms with Crippen molar-refractivity contribution in [1.29, 1.82) is 5.26 Å². The third-order valence-electron chi connectivity index (χ3n) is 3.35. The first-order valence-corrected chi connectivity index (χ1v) is 7.78. The average Bonchev–Trinajstić information content (AvgIpc) is 3.04. The second-order valence-electron chi connectivity index (χ2n) is 4.84. The molecule has 114 valence electrons. The summed E-state index contributed by atoms with van der Waals surface area (Å²) in [5.41, 5.74) is 0.722. The number of hydrogen-bond donors (Lipinski definition) is 1. The molecule has 7 heteroatoms. The topological polar surface area (TPSA) is 87.8 Å². The Kier molecular flexibility index (Phi) is 4.17. The van der Waals surface area contributed by atoms with E-state index in [1.54, 1.807) is 30.3 Å². The number of nitrogens with zero attached hydrogens (tertiary/aromatic N) is 3. The number of carbonyl (C=O) groups excluding carboxylic acids is 1. The smallest absolute Gasteiger partial charge is 0.262 e. The standard InChI is InChI=1S/C16H12N4O2S/c17-9-11-3-1-2-4-13(11)19-14(21)5-7-20-10-18-15-12(16(20)22)6-8-23-15/h1-4,6,8,10H,5,7H2,(H,19,21). The largest absolute Gasteiger partial charge is 0.325 e. The maximum atomic E-state index is 12.2. The molecular weight excluding hydrogens is 312 g/mol. The predicted molar refractivity (Wildman–Crippen MR) is 88.3 cm³/mol. The molecule has 0 radical (unpaired) electrons. The van der Waals surface area contributed by atoms with Crippen LogP contribution in [-0.4, -0.2) is 15.5 Å². The fourth-order valence-corrected chi connectivity index (χ4v) is 2.90. The van der Waals surface area contributed by atoms with Crippen LogP contribution in [0, 0.1) is 11.3 Å². The highest BCUT2D eigenvalue weighted by Crippen LogP contribution is 2.15. The van der Waals surface area contributed by atoms with Gasteiger partial charge < -0.3 is 5.32 Å². The molecule has 1 amide bonds. The van der Waals surface area contributed by atoms with Crippen LogP contribution in [0.1, 0.15) is 12.0 Å². The number of carbonyl (C=O) groups is 1. The van der Waals surface area contributed by atoms with E-state index in [1.807, 2.05) is 11.4 Å². The number of aryl methyl sites for hydroxylation is 1. The summed E-state index contributed by atoms with van der Waals surface area (Å²) in [6.07, 6.45) is 1.58. The molecule has 0 aliphatic rings. The van der Waals surface area contributed by atoms with Gasteiger partial charge in [0.15, 0.2) is 0 Å². The lowest BCUT2D eigenvalue weighted by molar-refractivity contribution is -0.116. The zero-order chi connectivity index (χ0) is 16.2. The Labute approximate surface area is 135 Å². The Morgan fingerprint density at radius 1 is 1.35 bits per heavy atom. The number of para-hydroxylation sites is 1. The van der Waals surface area contributed by atoms with Gasteiger partial charge in [-0.15, -0.1) is 11.3 Å². The summed E-state index contributed by atoms with van der Waals surface area (Å²) in [5, 5.41) is 14.1. The number of nitriles is 1. The van der Waals surface area contributed by atoms with E-state index >= 15 is 0 Å². The summed E-state index contributed by atoms with van der Waals surface area (Å²) in [4.78, 5) is 29.1. The van der Waals surface area contributed by atoms with Gasteiger partial charge in [-0.25, -0.2) is 4.98 Å². The van der Waals surface area contributed by atoms with E-state index in [-0.39, 0.29) is 24.4 Å². The van der Waals surface area contributed by atoms with Crippen LogP contribution < -0.4 is 10.9 Å². The highest BCUT2D eigenvalue weighted by atomic mass is 32.1. The van der Waals surface area contributed by atoms with E-state index in [0.717, 1.165) is 0 Å². The van der Waals surface area contributed by atoms with Gasteiger partial charge >= 0.3 is 0 Å². The number of anilines is 1. The Balaban J connectivity index is 1.70. The van der Waals surface area contributed by atoms with E-state index in [4.69, 9.17) is 5.26 Å². The van der Waals surface area contributed by atoms with Crippen LogP contribution >= 0.6 is 11.3 Å². The van der Waals surface area contributed by atoms with Gasteiger partial charge in [0.2, 0.25) is 5.91 Å². The van der Waals surface area contributed by atoms with E-state index in [1.165, 1.54) is 22.2 Å². The van der Waals surface area contributed by atoms with Crippen molar-refractivity contribution in [2.75, 3.05) is 5.32 Å². The molecule has 2 aromatic heterocycles. The Morgan fingerprint density at radius 3 is 3.00 bits per heavy atom. The third-order valence-corrected chi connectivity index (χ3v) is 4.17. The van der Waals surface area contributed by atoms with Crippen molar-refractivity contribution in [3.05, 3.63) is 58.0 Å². The molecule has 0 atom stereocenters. The highest BCUT2D eigenvalue weighted by Gasteiger charge is 2.09. The Hall–Kier alpha value is -2.98. The van der Waals surface area contributed by atoms with Crippen LogP contribution in [-0.2, 0) is 11.3 Å². The molecule has 0 spiro atoms. The molecule has 0 aliphatic carbocycles. The maximum absolute atomic E-state index is 12.2. The van der Waals surface area contributed by atoms with E-state index in [0.29, 0.717) is 21.5 Å². The minimum Gasteiger partial charge on any atom is -0.325 e. The first-order valence-electron chi connectivity index (χ1n) is 6.90. The molecule has 3 aromatic rings. The molecule has 1 aromatic carbocycles. The number of thiophene rings is 1. The van der Waals surface area contributed by atoms with Crippen molar-refractivity contribution in [3.63, 3.8) is 0 Å². The lowest BCUT2D eigenvalue weighted by Gasteiger charge is -2.08. The van der Waals surface area contributed by atoms with Crippen molar-refractivity contribution >= 4 is 33.1 Å². The first kappa shape index (κ1) is 14.9. The second-order valence-corrected chi connectivity index (χ2v) is 5.73.